The molecule has 3 nitrogen and oxygen atoms in total. The fraction of sp³-hybridized carbons (Fsp3) is 0.333. The molecule has 0 aliphatic heterocycles. The molecular formula is C15H19NO2. The molecule has 1 unspecified atom stereocenters. The second-order valence-electron chi connectivity index (χ2n) is 4.17. The maximum atomic E-state index is 5.67. The van der Waals surface area contributed by atoms with Crippen LogP contribution in [0, 0.1) is 6.92 Å². The van der Waals surface area contributed by atoms with Crippen LogP contribution in [0.4, 0.5) is 0 Å². The molecule has 0 spiro atoms. The summed E-state index contributed by atoms with van der Waals surface area (Å²) in [5.41, 5.74) is 1.16. The fourth-order valence-corrected chi connectivity index (χ4v) is 2.00. The van der Waals surface area contributed by atoms with Gasteiger partial charge in [-0.15, -0.1) is 0 Å². The average Bonchev–Trinajstić information content (AvgIpc) is 2.79. The van der Waals surface area contributed by atoms with Gasteiger partial charge in [0, 0.05) is 0 Å². The van der Waals surface area contributed by atoms with Gasteiger partial charge >= 0.3 is 0 Å². The first-order valence-corrected chi connectivity index (χ1v) is 6.21. The molecule has 0 amide bonds. The van der Waals surface area contributed by atoms with Gasteiger partial charge in [0.2, 0.25) is 0 Å². The first kappa shape index (κ1) is 12.7. The van der Waals surface area contributed by atoms with Gasteiger partial charge in [-0.3, -0.25) is 0 Å². The van der Waals surface area contributed by atoms with E-state index < -0.39 is 0 Å². The van der Waals surface area contributed by atoms with E-state index in [0.717, 1.165) is 22.8 Å². The Hall–Kier alpha value is -1.74. The number of nitrogens with one attached hydrogen (secondary N) is 1. The molecule has 0 saturated carbocycles. The quantitative estimate of drug-likeness (QED) is 0.877. The second kappa shape index (κ2) is 5.74. The van der Waals surface area contributed by atoms with Gasteiger partial charge in [-0.2, -0.15) is 0 Å². The summed E-state index contributed by atoms with van der Waals surface area (Å²) in [4.78, 5) is 0. The number of rotatable bonds is 5. The molecule has 18 heavy (non-hydrogen) atoms. The topological polar surface area (TPSA) is 34.4 Å². The predicted molar refractivity (Wildman–Crippen MR) is 72.0 cm³/mol. The lowest BCUT2D eigenvalue weighted by atomic mass is 10.0. The highest BCUT2D eigenvalue weighted by atomic mass is 16.5. The Morgan fingerprint density at radius 1 is 1.17 bits per heavy atom. The van der Waals surface area contributed by atoms with Crippen molar-refractivity contribution in [1.82, 2.24) is 5.32 Å². The third kappa shape index (κ3) is 2.74. The van der Waals surface area contributed by atoms with Crippen LogP contribution >= 0.6 is 0 Å². The average molecular weight is 245 g/mol. The van der Waals surface area contributed by atoms with Gasteiger partial charge in [0.15, 0.2) is 0 Å². The van der Waals surface area contributed by atoms with Gasteiger partial charge in [-0.05, 0) is 50.7 Å². The Labute approximate surface area is 108 Å². The van der Waals surface area contributed by atoms with Gasteiger partial charge in [0.05, 0.1) is 12.6 Å². The Morgan fingerprint density at radius 2 is 1.89 bits per heavy atom. The summed E-state index contributed by atoms with van der Waals surface area (Å²) in [5.74, 6) is 2.75. The van der Waals surface area contributed by atoms with E-state index >= 15 is 0 Å². The van der Waals surface area contributed by atoms with Crippen molar-refractivity contribution < 1.29 is 9.15 Å². The highest BCUT2D eigenvalue weighted by Crippen LogP contribution is 2.25. The third-order valence-corrected chi connectivity index (χ3v) is 2.86. The predicted octanol–water partition coefficient (Wildman–Crippen LogP) is 3.30. The number of hydrogen-bond acceptors (Lipinski definition) is 3. The Bertz CT molecular complexity index is 487. The second-order valence-corrected chi connectivity index (χ2v) is 4.17. The zero-order valence-electron chi connectivity index (χ0n) is 11.1. The maximum absolute atomic E-state index is 5.67. The molecule has 1 atom stereocenters. The SMILES string of the molecule is CCOc1ccc(C(NC)c2ccc(C)o2)cc1. The van der Waals surface area contributed by atoms with Crippen molar-refractivity contribution in [2.75, 3.05) is 13.7 Å². The van der Waals surface area contributed by atoms with Gasteiger partial charge in [-0.1, -0.05) is 12.1 Å². The molecular weight excluding hydrogens is 226 g/mol. The smallest absolute Gasteiger partial charge is 0.125 e. The van der Waals surface area contributed by atoms with Crippen molar-refractivity contribution in [3.63, 3.8) is 0 Å². The molecule has 2 rings (SSSR count). The summed E-state index contributed by atoms with van der Waals surface area (Å²) in [6.45, 7) is 4.62. The molecule has 0 fully saturated rings. The highest BCUT2D eigenvalue weighted by Gasteiger charge is 2.15. The van der Waals surface area contributed by atoms with Crippen molar-refractivity contribution >= 4 is 0 Å². The van der Waals surface area contributed by atoms with Crippen LogP contribution in [0.15, 0.2) is 40.8 Å². The molecule has 0 radical (unpaired) electrons. The monoisotopic (exact) mass is 245 g/mol. The van der Waals surface area contributed by atoms with E-state index in [0.29, 0.717) is 6.61 Å². The first-order valence-electron chi connectivity index (χ1n) is 6.21. The van der Waals surface area contributed by atoms with Gasteiger partial charge in [-0.25, -0.2) is 0 Å². The van der Waals surface area contributed by atoms with E-state index in [1.165, 1.54) is 0 Å². The third-order valence-electron chi connectivity index (χ3n) is 2.86. The van der Waals surface area contributed by atoms with E-state index in [9.17, 15) is 0 Å². The number of hydrogen-bond donors (Lipinski definition) is 1. The van der Waals surface area contributed by atoms with Crippen LogP contribution in [0.5, 0.6) is 5.75 Å². The van der Waals surface area contributed by atoms with E-state index in [-0.39, 0.29) is 6.04 Å². The number of furan rings is 1. The zero-order valence-corrected chi connectivity index (χ0v) is 11.1. The van der Waals surface area contributed by atoms with E-state index in [2.05, 4.69) is 17.4 Å². The van der Waals surface area contributed by atoms with E-state index in [4.69, 9.17) is 9.15 Å². The van der Waals surface area contributed by atoms with Gasteiger partial charge < -0.3 is 14.5 Å². The zero-order chi connectivity index (χ0) is 13.0. The van der Waals surface area contributed by atoms with Crippen molar-refractivity contribution in [2.24, 2.45) is 0 Å². The van der Waals surface area contributed by atoms with Crippen LogP contribution < -0.4 is 10.1 Å². The first-order chi connectivity index (χ1) is 8.74. The van der Waals surface area contributed by atoms with Crippen molar-refractivity contribution in [2.45, 2.75) is 19.9 Å². The summed E-state index contributed by atoms with van der Waals surface area (Å²) >= 11 is 0. The summed E-state index contributed by atoms with van der Waals surface area (Å²) in [6, 6.07) is 12.2. The van der Waals surface area contributed by atoms with E-state index in [1.807, 2.05) is 45.2 Å². The molecule has 3 heteroatoms. The number of aryl methyl sites for hydroxylation is 1. The lowest BCUT2D eigenvalue weighted by Crippen LogP contribution is -2.16. The molecule has 1 aromatic carbocycles. The molecule has 96 valence electrons. The molecule has 1 N–H and O–H groups in total. The van der Waals surface area contributed by atoms with Crippen LogP contribution in [0.25, 0.3) is 0 Å². The van der Waals surface area contributed by atoms with Gasteiger partial charge in [0.25, 0.3) is 0 Å². The lowest BCUT2D eigenvalue weighted by Gasteiger charge is -2.14. The molecule has 2 aromatic rings. The van der Waals surface area contributed by atoms with Crippen LogP contribution in [-0.2, 0) is 0 Å². The standard InChI is InChI=1S/C15H19NO2/c1-4-17-13-8-6-12(7-9-13)15(16-3)14-10-5-11(2)18-14/h5-10,15-16H,4H2,1-3H3. The molecule has 0 aliphatic rings. The van der Waals surface area contributed by atoms with Gasteiger partial charge in [0.1, 0.15) is 17.3 Å². The van der Waals surface area contributed by atoms with Crippen LogP contribution in [0.1, 0.15) is 30.0 Å². The number of benzene rings is 1. The minimum atomic E-state index is 0.0781. The van der Waals surface area contributed by atoms with Crippen molar-refractivity contribution in [1.29, 1.82) is 0 Å². The summed E-state index contributed by atoms with van der Waals surface area (Å²) < 4.78 is 11.1. The maximum Gasteiger partial charge on any atom is 0.125 e. The fourth-order valence-electron chi connectivity index (χ4n) is 2.00. The normalized spacial score (nSPS) is 12.4. The van der Waals surface area contributed by atoms with Crippen LogP contribution in [0.2, 0.25) is 0 Å². The minimum absolute atomic E-state index is 0.0781. The van der Waals surface area contributed by atoms with E-state index in [1.54, 1.807) is 0 Å². The Morgan fingerprint density at radius 3 is 2.39 bits per heavy atom. The molecule has 1 aromatic heterocycles. The lowest BCUT2D eigenvalue weighted by molar-refractivity contribution is 0.340. The Kier molecular flexibility index (Phi) is 4.05. The van der Waals surface area contributed by atoms with Crippen LogP contribution in [0.3, 0.4) is 0 Å². The molecule has 0 aliphatic carbocycles. The molecule has 0 saturated heterocycles. The summed E-state index contributed by atoms with van der Waals surface area (Å²) in [7, 11) is 1.93. The highest BCUT2D eigenvalue weighted by molar-refractivity contribution is 5.33. The minimum Gasteiger partial charge on any atom is -0.494 e. The number of ether oxygens (including phenoxy) is 1. The van der Waals surface area contributed by atoms with Crippen LogP contribution in [-0.4, -0.2) is 13.7 Å². The van der Waals surface area contributed by atoms with Crippen molar-refractivity contribution in [3.8, 4) is 5.75 Å². The Balaban J connectivity index is 2.22. The summed E-state index contributed by atoms with van der Waals surface area (Å²) in [6.07, 6.45) is 0. The largest absolute Gasteiger partial charge is 0.494 e. The van der Waals surface area contributed by atoms with Crippen molar-refractivity contribution in [3.05, 3.63) is 53.5 Å². The molecule has 0 bridgehead atoms. The summed E-state index contributed by atoms with van der Waals surface area (Å²) in [5, 5.41) is 3.26. The molecule has 1 heterocycles.